The molecule has 104 valence electrons. The number of rotatable bonds is 4. The van der Waals surface area contributed by atoms with Crippen LogP contribution in [0.2, 0.25) is 0 Å². The van der Waals surface area contributed by atoms with Gasteiger partial charge in [-0.15, -0.1) is 0 Å². The highest BCUT2D eigenvalue weighted by atomic mass is 79.9. The van der Waals surface area contributed by atoms with Crippen LogP contribution >= 0.6 is 15.9 Å². The average Bonchev–Trinajstić information content (AvgIpc) is 2.64. The number of ether oxygens (including phenoxy) is 1. The van der Waals surface area contributed by atoms with Crippen molar-refractivity contribution in [2.24, 2.45) is 0 Å². The summed E-state index contributed by atoms with van der Waals surface area (Å²) in [4.78, 5) is 36.2. The maximum atomic E-state index is 11.9. The van der Waals surface area contributed by atoms with Crippen LogP contribution in [0.25, 0.3) is 0 Å². The first-order valence-electron chi connectivity index (χ1n) is 6.03. The molecule has 0 bridgehead atoms. The lowest BCUT2D eigenvalue weighted by Gasteiger charge is -2.13. The lowest BCUT2D eigenvalue weighted by atomic mass is 10.1. The molecule has 5 nitrogen and oxygen atoms in total. The van der Waals surface area contributed by atoms with E-state index < -0.39 is 17.7 Å². The summed E-state index contributed by atoms with van der Waals surface area (Å²) in [5, 5.41) is 0. The molecule has 0 aliphatic carbocycles. The van der Waals surface area contributed by atoms with E-state index in [2.05, 4.69) is 15.9 Å². The number of ketones is 1. The van der Waals surface area contributed by atoms with Crippen molar-refractivity contribution in [2.75, 3.05) is 18.1 Å². The third-order valence-corrected chi connectivity index (χ3v) is 3.26. The number of anilines is 1. The summed E-state index contributed by atoms with van der Waals surface area (Å²) >= 11 is 3.26. The van der Waals surface area contributed by atoms with Gasteiger partial charge in [-0.25, -0.2) is 4.79 Å². The zero-order chi connectivity index (χ0) is 14.7. The Kier molecular flexibility index (Phi) is 4.34. The molecule has 0 saturated heterocycles. The minimum atomic E-state index is -0.591. The largest absolute Gasteiger partial charge is 0.463 e. The van der Waals surface area contributed by atoms with E-state index in [1.165, 1.54) is 17.1 Å². The van der Waals surface area contributed by atoms with Crippen molar-refractivity contribution < 1.29 is 19.1 Å². The summed E-state index contributed by atoms with van der Waals surface area (Å²) in [6.07, 6.45) is 2.75. The Morgan fingerprint density at radius 3 is 2.85 bits per heavy atom. The van der Waals surface area contributed by atoms with Crippen molar-refractivity contribution in [3.05, 3.63) is 40.4 Å². The summed E-state index contributed by atoms with van der Waals surface area (Å²) in [7, 11) is 0. The van der Waals surface area contributed by atoms with Gasteiger partial charge in [0.05, 0.1) is 17.9 Å². The highest BCUT2D eigenvalue weighted by Gasteiger charge is 2.35. The molecule has 20 heavy (non-hydrogen) atoms. The Bertz CT molecular complexity index is 609. The fourth-order valence-electron chi connectivity index (χ4n) is 1.90. The standard InChI is InChI=1S/C14H12BrNO4/c1-2-20-12(17)4-3-7-16-11-6-5-9(15)8-10(11)13(18)14(16)19/h3-6,8H,2,7H2,1H3/b4-3+. The highest BCUT2D eigenvalue weighted by molar-refractivity contribution is 9.10. The Labute approximate surface area is 124 Å². The van der Waals surface area contributed by atoms with E-state index >= 15 is 0 Å². The van der Waals surface area contributed by atoms with E-state index in [0.29, 0.717) is 17.9 Å². The minimum absolute atomic E-state index is 0.151. The quantitative estimate of drug-likeness (QED) is 0.479. The van der Waals surface area contributed by atoms with Crippen LogP contribution in [-0.4, -0.2) is 30.8 Å². The van der Waals surface area contributed by atoms with Crippen LogP contribution in [0.15, 0.2) is 34.8 Å². The molecule has 0 aromatic heterocycles. The lowest BCUT2D eigenvalue weighted by molar-refractivity contribution is -0.137. The van der Waals surface area contributed by atoms with Gasteiger partial charge < -0.3 is 9.64 Å². The second-order valence-corrected chi connectivity index (χ2v) is 4.98. The Morgan fingerprint density at radius 1 is 1.40 bits per heavy atom. The highest BCUT2D eigenvalue weighted by Crippen LogP contribution is 2.31. The Balaban J connectivity index is 2.16. The molecule has 1 aliphatic heterocycles. The van der Waals surface area contributed by atoms with E-state index in [4.69, 9.17) is 4.74 Å². The molecule has 0 radical (unpaired) electrons. The number of hydrogen-bond donors (Lipinski definition) is 0. The summed E-state index contributed by atoms with van der Waals surface area (Å²) in [5.41, 5.74) is 0.922. The number of carbonyl (C=O) groups is 3. The fourth-order valence-corrected chi connectivity index (χ4v) is 2.26. The average molecular weight is 338 g/mol. The molecule has 0 unspecified atom stereocenters. The molecule has 1 aromatic carbocycles. The molecule has 2 rings (SSSR count). The normalized spacial score (nSPS) is 14.0. The molecular weight excluding hydrogens is 326 g/mol. The van der Waals surface area contributed by atoms with Crippen LogP contribution in [0.5, 0.6) is 0 Å². The van der Waals surface area contributed by atoms with Crippen LogP contribution < -0.4 is 4.90 Å². The third-order valence-electron chi connectivity index (χ3n) is 2.76. The number of hydrogen-bond acceptors (Lipinski definition) is 4. The number of Topliss-reactive ketones (excluding diaryl/α,β-unsaturated/α-hetero) is 1. The minimum Gasteiger partial charge on any atom is -0.463 e. The maximum Gasteiger partial charge on any atom is 0.330 e. The van der Waals surface area contributed by atoms with Crippen LogP contribution in [0, 0.1) is 0 Å². The number of carbonyl (C=O) groups excluding carboxylic acids is 3. The summed E-state index contributed by atoms with van der Waals surface area (Å²) in [5.74, 6) is -1.60. The topological polar surface area (TPSA) is 63.7 Å². The van der Waals surface area contributed by atoms with Gasteiger partial charge in [0.1, 0.15) is 0 Å². The van der Waals surface area contributed by atoms with Crippen molar-refractivity contribution in [3.8, 4) is 0 Å². The molecule has 1 heterocycles. The maximum absolute atomic E-state index is 11.9. The first-order valence-corrected chi connectivity index (χ1v) is 6.83. The summed E-state index contributed by atoms with van der Waals surface area (Å²) in [6, 6.07) is 5.07. The van der Waals surface area contributed by atoms with Crippen molar-refractivity contribution in [1.82, 2.24) is 0 Å². The van der Waals surface area contributed by atoms with Gasteiger partial charge in [-0.1, -0.05) is 22.0 Å². The van der Waals surface area contributed by atoms with Gasteiger partial charge in [-0.3, -0.25) is 9.59 Å². The predicted octanol–water partition coefficient (Wildman–Crippen LogP) is 2.10. The summed E-state index contributed by atoms with van der Waals surface area (Å²) in [6.45, 7) is 2.15. The van der Waals surface area contributed by atoms with Crippen LogP contribution in [0.1, 0.15) is 17.3 Å². The van der Waals surface area contributed by atoms with E-state index in [1.807, 2.05) is 0 Å². The van der Waals surface area contributed by atoms with Crippen LogP contribution in [0.3, 0.4) is 0 Å². The van der Waals surface area contributed by atoms with Crippen molar-refractivity contribution in [3.63, 3.8) is 0 Å². The molecule has 6 heteroatoms. The van der Waals surface area contributed by atoms with Crippen molar-refractivity contribution >= 4 is 39.3 Å². The number of amides is 1. The van der Waals surface area contributed by atoms with Gasteiger partial charge in [0.25, 0.3) is 11.7 Å². The van der Waals surface area contributed by atoms with Gasteiger partial charge in [-0.05, 0) is 25.1 Å². The Hall–Kier alpha value is -1.95. The van der Waals surface area contributed by atoms with Crippen LogP contribution in [0.4, 0.5) is 5.69 Å². The van der Waals surface area contributed by atoms with Gasteiger partial charge in [0.15, 0.2) is 0 Å². The molecule has 0 N–H and O–H groups in total. The van der Waals surface area contributed by atoms with Crippen molar-refractivity contribution in [1.29, 1.82) is 0 Å². The third kappa shape index (κ3) is 2.80. The molecule has 0 saturated carbocycles. The monoisotopic (exact) mass is 337 g/mol. The fraction of sp³-hybridized carbons (Fsp3) is 0.214. The molecule has 1 aromatic rings. The Morgan fingerprint density at radius 2 is 2.15 bits per heavy atom. The molecule has 0 fully saturated rings. The molecule has 0 spiro atoms. The zero-order valence-electron chi connectivity index (χ0n) is 10.8. The number of benzene rings is 1. The van der Waals surface area contributed by atoms with Crippen molar-refractivity contribution in [2.45, 2.75) is 6.92 Å². The van der Waals surface area contributed by atoms with E-state index in [0.717, 1.165) is 4.47 Å². The van der Waals surface area contributed by atoms with Gasteiger partial charge in [0.2, 0.25) is 0 Å². The molecule has 1 amide bonds. The number of esters is 1. The van der Waals surface area contributed by atoms with Gasteiger partial charge >= 0.3 is 5.97 Å². The van der Waals surface area contributed by atoms with E-state index in [9.17, 15) is 14.4 Å². The van der Waals surface area contributed by atoms with Crippen LogP contribution in [-0.2, 0) is 14.3 Å². The second kappa shape index (κ2) is 6.00. The molecule has 0 atom stereocenters. The van der Waals surface area contributed by atoms with Gasteiger partial charge in [-0.2, -0.15) is 0 Å². The summed E-state index contributed by atoms with van der Waals surface area (Å²) < 4.78 is 5.47. The predicted molar refractivity (Wildman–Crippen MR) is 76.6 cm³/mol. The number of fused-ring (bicyclic) bond motifs is 1. The smallest absolute Gasteiger partial charge is 0.330 e. The van der Waals surface area contributed by atoms with E-state index in [-0.39, 0.29) is 6.54 Å². The molecule has 1 aliphatic rings. The zero-order valence-corrected chi connectivity index (χ0v) is 12.3. The first-order chi connectivity index (χ1) is 9.54. The van der Waals surface area contributed by atoms with Gasteiger partial charge in [0, 0.05) is 17.1 Å². The SMILES string of the molecule is CCOC(=O)/C=C/CN1C(=O)C(=O)c2cc(Br)ccc21. The number of nitrogens with zero attached hydrogens (tertiary/aromatic N) is 1. The molecular formula is C14H12BrNO4. The van der Waals surface area contributed by atoms with E-state index in [1.54, 1.807) is 25.1 Å². The second-order valence-electron chi connectivity index (χ2n) is 4.06. The number of halogens is 1. The first kappa shape index (κ1) is 14.5. The lowest BCUT2D eigenvalue weighted by Crippen LogP contribution is -2.29.